The average Bonchev–Trinajstić information content (AvgIpc) is 1.97. The fraction of sp³-hybridized carbons (Fsp3) is 1.00. The summed E-state index contributed by atoms with van der Waals surface area (Å²) in [6, 6.07) is 0. The van der Waals surface area contributed by atoms with E-state index in [9.17, 15) is 0 Å². The van der Waals surface area contributed by atoms with E-state index in [1.807, 2.05) is 0 Å². The molecule has 60 valence electrons. The second kappa shape index (κ2) is 7.87. The van der Waals surface area contributed by atoms with Gasteiger partial charge in [-0.15, -0.1) is 0 Å². The Kier molecular flexibility index (Phi) is 8.47. The zero-order chi connectivity index (χ0) is 7.82. The first kappa shape index (κ1) is 10.8. The molecule has 0 aromatic heterocycles. The van der Waals surface area contributed by atoms with E-state index in [4.69, 9.17) is 0 Å². The van der Waals surface area contributed by atoms with Crippen LogP contribution in [-0.4, -0.2) is 16.8 Å². The van der Waals surface area contributed by atoms with E-state index < -0.39 is 0 Å². The SMILES string of the molecule is CCCSB(C)SCCC. The maximum Gasteiger partial charge on any atom is 0.270 e. The molecule has 3 heteroatoms. The molecule has 0 rings (SSSR count). The van der Waals surface area contributed by atoms with Gasteiger partial charge in [0.1, 0.15) is 0 Å². The quantitative estimate of drug-likeness (QED) is 0.569. The van der Waals surface area contributed by atoms with Gasteiger partial charge in [-0.05, 0) is 24.3 Å². The molecule has 0 N–H and O–H groups in total. The van der Waals surface area contributed by atoms with Crippen LogP contribution in [0.5, 0.6) is 0 Å². The molecule has 10 heavy (non-hydrogen) atoms. The van der Waals surface area contributed by atoms with Gasteiger partial charge in [0.15, 0.2) is 0 Å². The summed E-state index contributed by atoms with van der Waals surface area (Å²) in [5.74, 6) is 2.63. The van der Waals surface area contributed by atoms with Crippen molar-refractivity contribution in [2.24, 2.45) is 0 Å². The fourth-order valence-electron chi connectivity index (χ4n) is 0.616. The molecule has 0 nitrogen and oxygen atoms in total. The lowest BCUT2D eigenvalue weighted by Crippen LogP contribution is -1.97. The van der Waals surface area contributed by atoms with E-state index in [1.165, 1.54) is 24.3 Å². The maximum absolute atomic E-state index is 2.31. The van der Waals surface area contributed by atoms with Crippen molar-refractivity contribution in [1.82, 2.24) is 0 Å². The van der Waals surface area contributed by atoms with Gasteiger partial charge in [0, 0.05) is 0 Å². The van der Waals surface area contributed by atoms with E-state index in [0.717, 1.165) is 5.27 Å². The summed E-state index contributed by atoms with van der Waals surface area (Å²) in [4.78, 5) is 0. The minimum absolute atomic E-state index is 0.805. The molecule has 0 radical (unpaired) electrons. The molecule has 0 spiro atoms. The van der Waals surface area contributed by atoms with Gasteiger partial charge < -0.3 is 0 Å². The maximum atomic E-state index is 2.31. The number of hydrogen-bond donors (Lipinski definition) is 0. The average molecular weight is 176 g/mol. The van der Waals surface area contributed by atoms with Crippen LogP contribution in [0.1, 0.15) is 26.7 Å². The predicted octanol–water partition coefficient (Wildman–Crippen LogP) is 3.39. The Morgan fingerprint density at radius 1 is 1.00 bits per heavy atom. The first-order chi connectivity index (χ1) is 4.81. The summed E-state index contributed by atoms with van der Waals surface area (Å²) in [7, 11) is 0. The normalized spacial score (nSPS) is 9.90. The minimum Gasteiger partial charge on any atom is -0.196 e. The van der Waals surface area contributed by atoms with Crippen LogP contribution in [0.25, 0.3) is 0 Å². The Morgan fingerprint density at radius 2 is 1.40 bits per heavy atom. The monoisotopic (exact) mass is 176 g/mol. The predicted molar refractivity (Wildman–Crippen MR) is 57.1 cm³/mol. The third-order valence-electron chi connectivity index (χ3n) is 1.11. The van der Waals surface area contributed by atoms with E-state index in [1.54, 1.807) is 0 Å². The molecule has 0 aliphatic heterocycles. The summed E-state index contributed by atoms with van der Waals surface area (Å²) in [5, 5.41) is 0.805. The Bertz CT molecular complexity index is 60.6. The van der Waals surface area contributed by atoms with Gasteiger partial charge in [0.05, 0.1) is 0 Å². The molecule has 0 unspecified atom stereocenters. The van der Waals surface area contributed by atoms with Crippen LogP contribution in [0.4, 0.5) is 0 Å². The lowest BCUT2D eigenvalue weighted by atomic mass is 10.2. The molecule has 0 aliphatic carbocycles. The summed E-state index contributed by atoms with van der Waals surface area (Å²) in [6.07, 6.45) is 2.61. The van der Waals surface area contributed by atoms with Crippen molar-refractivity contribution in [1.29, 1.82) is 0 Å². The van der Waals surface area contributed by atoms with Crippen LogP contribution in [0.2, 0.25) is 6.82 Å². The lowest BCUT2D eigenvalue weighted by Gasteiger charge is -2.04. The van der Waals surface area contributed by atoms with Gasteiger partial charge in [-0.25, -0.2) is 0 Å². The van der Waals surface area contributed by atoms with Crippen molar-refractivity contribution in [3.05, 3.63) is 0 Å². The summed E-state index contributed by atoms with van der Waals surface area (Å²) in [5.41, 5.74) is 0. The highest BCUT2D eigenvalue weighted by Gasteiger charge is 2.05. The van der Waals surface area contributed by atoms with Crippen molar-refractivity contribution < 1.29 is 0 Å². The van der Waals surface area contributed by atoms with Crippen molar-refractivity contribution in [2.45, 2.75) is 33.5 Å². The Labute approximate surface area is 73.8 Å². The summed E-state index contributed by atoms with van der Waals surface area (Å²) in [6.45, 7) is 6.79. The van der Waals surface area contributed by atoms with Crippen LogP contribution in [0, 0.1) is 0 Å². The van der Waals surface area contributed by atoms with Crippen LogP contribution in [-0.2, 0) is 0 Å². The van der Waals surface area contributed by atoms with Gasteiger partial charge >= 0.3 is 0 Å². The highest BCUT2D eigenvalue weighted by atomic mass is 32.2. The van der Waals surface area contributed by atoms with Crippen molar-refractivity contribution in [2.75, 3.05) is 11.5 Å². The van der Waals surface area contributed by atoms with Crippen LogP contribution in [0.15, 0.2) is 0 Å². The minimum atomic E-state index is 0.805. The molecule has 0 atom stereocenters. The molecule has 0 heterocycles. The number of rotatable bonds is 6. The highest BCUT2D eigenvalue weighted by Crippen LogP contribution is 2.19. The topological polar surface area (TPSA) is 0 Å². The molecular formula is C7H17BS2. The van der Waals surface area contributed by atoms with Crippen LogP contribution < -0.4 is 0 Å². The summed E-state index contributed by atoms with van der Waals surface area (Å²) >= 11 is 4.16. The molecule has 0 bridgehead atoms. The third-order valence-corrected chi connectivity index (χ3v) is 4.16. The van der Waals surface area contributed by atoms with Crippen molar-refractivity contribution >= 4 is 28.5 Å². The molecule has 0 fully saturated rings. The smallest absolute Gasteiger partial charge is 0.196 e. The molecule has 0 aromatic rings. The van der Waals surface area contributed by atoms with Gasteiger partial charge in [-0.2, -0.15) is 23.2 Å². The molecule has 0 aliphatic rings. The standard InChI is InChI=1S/C7H17BS2/c1-4-6-9-8(3)10-7-5-2/h4-7H2,1-3H3. The van der Waals surface area contributed by atoms with E-state index in [0.29, 0.717) is 0 Å². The van der Waals surface area contributed by atoms with Gasteiger partial charge in [-0.3, -0.25) is 0 Å². The molecule has 0 amide bonds. The highest BCUT2D eigenvalue weighted by molar-refractivity contribution is 8.54. The van der Waals surface area contributed by atoms with Gasteiger partial charge in [0.2, 0.25) is 0 Å². The third kappa shape index (κ3) is 6.88. The van der Waals surface area contributed by atoms with Crippen molar-refractivity contribution in [3.8, 4) is 0 Å². The fourth-order valence-corrected chi connectivity index (χ4v) is 2.71. The zero-order valence-corrected chi connectivity index (χ0v) is 8.86. The first-order valence-corrected chi connectivity index (χ1v) is 6.14. The second-order valence-electron chi connectivity index (χ2n) is 2.31. The molecule has 0 saturated heterocycles. The Hall–Kier alpha value is 0.765. The first-order valence-electron chi connectivity index (χ1n) is 4.04. The Morgan fingerprint density at radius 3 is 1.70 bits per heavy atom. The van der Waals surface area contributed by atoms with Crippen LogP contribution in [0.3, 0.4) is 0 Å². The zero-order valence-electron chi connectivity index (χ0n) is 7.22. The lowest BCUT2D eigenvalue weighted by molar-refractivity contribution is 1.11. The van der Waals surface area contributed by atoms with Gasteiger partial charge in [-0.1, -0.05) is 20.7 Å². The molecular weight excluding hydrogens is 159 g/mol. The van der Waals surface area contributed by atoms with E-state index in [-0.39, 0.29) is 0 Å². The molecule has 0 aromatic carbocycles. The Balaban J connectivity index is 3.00. The largest absolute Gasteiger partial charge is 0.270 e. The van der Waals surface area contributed by atoms with E-state index in [2.05, 4.69) is 43.9 Å². The van der Waals surface area contributed by atoms with Crippen molar-refractivity contribution in [3.63, 3.8) is 0 Å². The van der Waals surface area contributed by atoms with E-state index >= 15 is 0 Å². The van der Waals surface area contributed by atoms with Gasteiger partial charge in [0.25, 0.3) is 5.27 Å². The summed E-state index contributed by atoms with van der Waals surface area (Å²) < 4.78 is 0. The second-order valence-corrected chi connectivity index (χ2v) is 5.50. The molecule has 0 saturated carbocycles. The van der Waals surface area contributed by atoms with Crippen LogP contribution >= 0.6 is 23.2 Å². The number of hydrogen-bond acceptors (Lipinski definition) is 2.